The van der Waals surface area contributed by atoms with Gasteiger partial charge in [-0.2, -0.15) is 0 Å². The zero-order valence-corrected chi connectivity index (χ0v) is 22.6. The van der Waals surface area contributed by atoms with Gasteiger partial charge in [-0.1, -0.05) is 30.3 Å². The van der Waals surface area contributed by atoms with Gasteiger partial charge in [0, 0.05) is 35.9 Å². The minimum Gasteiger partial charge on any atom is -0.493 e. The number of fused-ring (bicyclic) bond motifs is 1. The number of carbonyl (C=O) groups excluding carboxylic acids is 2. The summed E-state index contributed by atoms with van der Waals surface area (Å²) in [7, 11) is 1.56. The predicted molar refractivity (Wildman–Crippen MR) is 153 cm³/mol. The number of aromatic nitrogens is 1. The molecule has 41 heavy (non-hydrogen) atoms. The lowest BCUT2D eigenvalue weighted by atomic mass is 9.99. The molecule has 10 heteroatoms. The first-order chi connectivity index (χ1) is 20.0. The van der Waals surface area contributed by atoms with E-state index in [4.69, 9.17) is 14.2 Å². The number of nitrogens with zero attached hydrogens (tertiary/aromatic N) is 1. The number of anilines is 1. The molecule has 1 fully saturated rings. The van der Waals surface area contributed by atoms with Crippen molar-refractivity contribution in [3.63, 3.8) is 0 Å². The van der Waals surface area contributed by atoms with Gasteiger partial charge in [-0.3, -0.25) is 14.6 Å². The lowest BCUT2D eigenvalue weighted by Gasteiger charge is -2.23. The minimum absolute atomic E-state index is 0.0609. The molecule has 1 aliphatic heterocycles. The number of amides is 2. The molecule has 2 heterocycles. The van der Waals surface area contributed by atoms with Gasteiger partial charge in [-0.25, -0.2) is 4.39 Å². The van der Waals surface area contributed by atoms with Crippen LogP contribution in [0.4, 0.5) is 10.1 Å². The molecule has 212 valence electrons. The molecular formula is C31H31FN4O5. The van der Waals surface area contributed by atoms with Crippen molar-refractivity contribution in [2.75, 3.05) is 32.1 Å². The van der Waals surface area contributed by atoms with Crippen molar-refractivity contribution >= 4 is 28.4 Å². The van der Waals surface area contributed by atoms with E-state index in [1.807, 2.05) is 30.3 Å². The normalized spacial score (nSPS) is 13.4. The van der Waals surface area contributed by atoms with Gasteiger partial charge in [0.2, 0.25) is 0 Å². The van der Waals surface area contributed by atoms with Crippen molar-refractivity contribution in [2.24, 2.45) is 5.92 Å². The highest BCUT2D eigenvalue weighted by Gasteiger charge is 2.18. The Morgan fingerprint density at radius 3 is 2.51 bits per heavy atom. The predicted octanol–water partition coefficient (Wildman–Crippen LogP) is 4.81. The molecule has 1 aromatic heterocycles. The fourth-order valence-electron chi connectivity index (χ4n) is 4.57. The Kier molecular flexibility index (Phi) is 8.90. The van der Waals surface area contributed by atoms with Crippen LogP contribution in [0.1, 0.15) is 18.4 Å². The number of nitrogens with one attached hydrogen (secondary N) is 3. The Morgan fingerprint density at radius 2 is 1.76 bits per heavy atom. The number of carbonyl (C=O) groups is 2. The summed E-state index contributed by atoms with van der Waals surface area (Å²) in [4.78, 5) is 28.9. The van der Waals surface area contributed by atoms with Crippen LogP contribution in [0.25, 0.3) is 10.9 Å². The highest BCUT2D eigenvalue weighted by atomic mass is 19.1. The number of piperidine rings is 1. The molecule has 0 atom stereocenters. The van der Waals surface area contributed by atoms with Gasteiger partial charge in [-0.15, -0.1) is 0 Å². The van der Waals surface area contributed by atoms with E-state index in [1.165, 1.54) is 12.1 Å². The quantitative estimate of drug-likeness (QED) is 0.253. The van der Waals surface area contributed by atoms with Crippen molar-refractivity contribution in [3.8, 4) is 23.0 Å². The highest BCUT2D eigenvalue weighted by molar-refractivity contribution is 6.39. The molecule has 1 saturated heterocycles. The number of rotatable bonds is 9. The van der Waals surface area contributed by atoms with E-state index in [0.29, 0.717) is 40.7 Å². The molecule has 0 radical (unpaired) electrons. The Balaban J connectivity index is 1.25. The third-order valence-corrected chi connectivity index (χ3v) is 6.83. The van der Waals surface area contributed by atoms with Crippen LogP contribution in [0.5, 0.6) is 23.0 Å². The molecule has 0 aliphatic carbocycles. The Hall–Kier alpha value is -4.70. The van der Waals surface area contributed by atoms with Gasteiger partial charge in [0.05, 0.1) is 19.2 Å². The second kappa shape index (κ2) is 13.1. The first-order valence-electron chi connectivity index (χ1n) is 13.4. The number of halogens is 1. The van der Waals surface area contributed by atoms with Crippen LogP contribution in [0.3, 0.4) is 0 Å². The zero-order chi connectivity index (χ0) is 28.6. The molecule has 2 amide bonds. The monoisotopic (exact) mass is 558 g/mol. The topological polar surface area (TPSA) is 111 Å². The zero-order valence-electron chi connectivity index (χ0n) is 22.6. The van der Waals surface area contributed by atoms with Gasteiger partial charge < -0.3 is 30.2 Å². The van der Waals surface area contributed by atoms with Gasteiger partial charge in [0.25, 0.3) is 0 Å². The molecule has 9 nitrogen and oxygen atoms in total. The van der Waals surface area contributed by atoms with Crippen LogP contribution in [0, 0.1) is 11.7 Å². The molecule has 4 aromatic rings. The van der Waals surface area contributed by atoms with Crippen LogP contribution in [-0.4, -0.2) is 43.6 Å². The highest BCUT2D eigenvalue weighted by Crippen LogP contribution is 2.38. The van der Waals surface area contributed by atoms with E-state index < -0.39 is 17.6 Å². The van der Waals surface area contributed by atoms with Crippen molar-refractivity contribution in [1.29, 1.82) is 0 Å². The Bertz CT molecular complexity index is 1530. The lowest BCUT2D eigenvalue weighted by Crippen LogP contribution is -2.34. The van der Waals surface area contributed by atoms with E-state index >= 15 is 4.39 Å². The lowest BCUT2D eigenvalue weighted by molar-refractivity contribution is -0.136. The minimum atomic E-state index is -0.903. The summed E-state index contributed by atoms with van der Waals surface area (Å²) in [6.07, 6.45) is 3.69. The van der Waals surface area contributed by atoms with Gasteiger partial charge in [0.15, 0.2) is 23.1 Å². The number of benzene rings is 3. The van der Waals surface area contributed by atoms with Crippen molar-refractivity contribution in [3.05, 3.63) is 84.3 Å². The fourth-order valence-corrected chi connectivity index (χ4v) is 4.57. The third kappa shape index (κ3) is 7.09. The summed E-state index contributed by atoms with van der Waals surface area (Å²) < 4.78 is 32.6. The molecule has 0 saturated carbocycles. The van der Waals surface area contributed by atoms with E-state index in [0.717, 1.165) is 37.6 Å². The van der Waals surface area contributed by atoms with Crippen LogP contribution < -0.4 is 30.2 Å². The summed E-state index contributed by atoms with van der Waals surface area (Å²) in [5.74, 6) is -0.561. The Labute approximate surface area is 237 Å². The number of hydrogen-bond donors (Lipinski definition) is 3. The number of hydrogen-bond acceptors (Lipinski definition) is 7. The molecule has 3 N–H and O–H groups in total. The second-order valence-electron chi connectivity index (χ2n) is 9.70. The van der Waals surface area contributed by atoms with Crippen LogP contribution in [-0.2, 0) is 16.1 Å². The van der Waals surface area contributed by atoms with Gasteiger partial charge in [0.1, 0.15) is 5.75 Å². The number of ether oxygens (including phenoxy) is 3. The smallest absolute Gasteiger partial charge is 0.313 e. The molecule has 0 unspecified atom stereocenters. The van der Waals surface area contributed by atoms with Crippen molar-refractivity contribution in [1.82, 2.24) is 15.6 Å². The molecular weight excluding hydrogens is 527 g/mol. The summed E-state index contributed by atoms with van der Waals surface area (Å²) in [6.45, 7) is 2.76. The Morgan fingerprint density at radius 1 is 0.951 bits per heavy atom. The standard InChI is InChI=1S/C31H31FN4O5/c1-39-28-16-23-25(17-29(28)40-19-21-9-12-33-13-10-21)34-14-11-26(23)41-27-8-7-22(15-24(27)32)36-31(38)30(37)35-18-20-5-3-2-4-6-20/h2-8,11,14-17,21,33H,9-10,12-13,18-19H2,1H3,(H,35,37)(H,36,38). The summed E-state index contributed by atoms with van der Waals surface area (Å²) >= 11 is 0. The third-order valence-electron chi connectivity index (χ3n) is 6.83. The van der Waals surface area contributed by atoms with Crippen molar-refractivity contribution in [2.45, 2.75) is 19.4 Å². The summed E-state index contributed by atoms with van der Waals surface area (Å²) in [5.41, 5.74) is 1.57. The first-order valence-corrected chi connectivity index (χ1v) is 13.4. The van der Waals surface area contributed by atoms with E-state index in [9.17, 15) is 9.59 Å². The van der Waals surface area contributed by atoms with Crippen LogP contribution in [0.15, 0.2) is 72.9 Å². The molecule has 1 aliphatic rings. The summed E-state index contributed by atoms with van der Waals surface area (Å²) in [6, 6.07) is 18.3. The fraction of sp³-hybridized carbons (Fsp3) is 0.258. The average molecular weight is 559 g/mol. The molecule has 5 rings (SSSR count). The summed E-state index contributed by atoms with van der Waals surface area (Å²) in [5, 5.41) is 8.91. The molecule has 0 bridgehead atoms. The van der Waals surface area contributed by atoms with E-state index in [1.54, 1.807) is 31.5 Å². The number of pyridine rings is 1. The maximum absolute atomic E-state index is 15.0. The van der Waals surface area contributed by atoms with E-state index in [-0.39, 0.29) is 18.0 Å². The molecule has 3 aromatic carbocycles. The van der Waals surface area contributed by atoms with Crippen molar-refractivity contribution < 1.29 is 28.2 Å². The van der Waals surface area contributed by atoms with Gasteiger partial charge in [-0.05, 0) is 61.7 Å². The first kappa shape index (κ1) is 27.9. The van der Waals surface area contributed by atoms with E-state index in [2.05, 4.69) is 20.9 Å². The average Bonchev–Trinajstić information content (AvgIpc) is 3.00. The molecule has 0 spiro atoms. The second-order valence-corrected chi connectivity index (χ2v) is 9.70. The van der Waals surface area contributed by atoms with Gasteiger partial charge >= 0.3 is 11.8 Å². The SMILES string of the molecule is COc1cc2c(Oc3ccc(NC(=O)C(=O)NCc4ccccc4)cc3F)ccnc2cc1OCC1CCNCC1. The largest absolute Gasteiger partial charge is 0.493 e. The van der Waals surface area contributed by atoms with Crippen LogP contribution >= 0.6 is 0 Å². The number of methoxy groups -OCH3 is 1. The maximum Gasteiger partial charge on any atom is 0.313 e. The van der Waals surface area contributed by atoms with Crippen LogP contribution in [0.2, 0.25) is 0 Å². The maximum atomic E-state index is 15.0.